The van der Waals surface area contributed by atoms with E-state index in [0.717, 1.165) is 49.6 Å². The monoisotopic (exact) mass is 1150 g/mol. The van der Waals surface area contributed by atoms with Crippen LogP contribution in [0.1, 0.15) is 102 Å². The molecule has 0 radical (unpaired) electrons. The maximum Gasteiger partial charge on any atom is 0.251 e. The predicted octanol–water partition coefficient (Wildman–Crippen LogP) is 2.62. The minimum absolute atomic E-state index is 0. The summed E-state index contributed by atoms with van der Waals surface area (Å²) < 4.78 is 0.0391. The molecule has 4 heterocycles. The maximum absolute atomic E-state index is 13.2. The molecule has 0 saturated carbocycles. The summed E-state index contributed by atoms with van der Waals surface area (Å²) in [5.41, 5.74) is 1.28. The van der Waals surface area contributed by atoms with Crippen molar-refractivity contribution in [2.45, 2.75) is 136 Å². The number of Topliss-reactive ketones (excluding diaryl/α,β-unsaturated/α-hetero) is 2. The lowest BCUT2D eigenvalue weighted by atomic mass is 10.0. The van der Waals surface area contributed by atoms with Gasteiger partial charge >= 0.3 is 0 Å². The van der Waals surface area contributed by atoms with Crippen molar-refractivity contribution in [3.63, 3.8) is 0 Å². The molecular weight excluding hydrogens is 1080 g/mol. The van der Waals surface area contributed by atoms with E-state index >= 15 is 0 Å². The lowest BCUT2D eigenvalue weighted by Crippen LogP contribution is -2.54. The Morgan fingerprint density at radius 1 is 0.632 bits per heavy atom. The van der Waals surface area contributed by atoms with Crippen molar-refractivity contribution in [1.29, 1.82) is 0 Å². The Kier molecular flexibility index (Phi) is 29.3. The molecule has 2 aromatic carbocycles. The average Bonchev–Trinajstić information content (AvgIpc) is 3.97. The van der Waals surface area contributed by atoms with Crippen molar-refractivity contribution in [3.8, 4) is 0 Å². The van der Waals surface area contributed by atoms with Gasteiger partial charge < -0.3 is 52.5 Å². The van der Waals surface area contributed by atoms with Crippen LogP contribution in [-0.4, -0.2) is 175 Å². The number of rotatable bonds is 22. The van der Waals surface area contributed by atoms with Gasteiger partial charge in [0.1, 0.15) is 12.1 Å². The first-order chi connectivity index (χ1) is 35.9. The van der Waals surface area contributed by atoms with Crippen LogP contribution in [0, 0.1) is 0 Å². The van der Waals surface area contributed by atoms with Gasteiger partial charge in [0, 0.05) is 20.2 Å². The molecule has 4 saturated heterocycles. The molecule has 2 spiro atoms. The van der Waals surface area contributed by atoms with E-state index in [9.17, 15) is 48.6 Å². The third kappa shape index (κ3) is 20.1. The number of hydrogen-bond acceptors (Lipinski definition) is 17. The molecule has 24 heteroatoms. The van der Waals surface area contributed by atoms with Crippen molar-refractivity contribution in [2.24, 2.45) is 0 Å². The molecule has 0 aromatic heterocycles. The van der Waals surface area contributed by atoms with E-state index in [1.54, 1.807) is 48.5 Å². The summed E-state index contributed by atoms with van der Waals surface area (Å²) in [6, 6.07) is 13.8. The highest BCUT2D eigenvalue weighted by Gasteiger charge is 2.48. The lowest BCUT2D eigenvalue weighted by molar-refractivity contribution is -0.135. The lowest BCUT2D eigenvalue weighted by Gasteiger charge is -2.31. The Morgan fingerprint density at radius 2 is 1.04 bits per heavy atom. The minimum atomic E-state index is -1.51. The third-order valence-corrected chi connectivity index (χ3v) is 19.7. The number of hydrogen-bond donors (Lipinski definition) is 10. The number of amides is 6. The molecule has 6 rings (SSSR count). The summed E-state index contributed by atoms with van der Waals surface area (Å²) in [6.45, 7) is 7.35. The van der Waals surface area contributed by atoms with E-state index < -0.39 is 73.1 Å². The van der Waals surface area contributed by atoms with E-state index in [1.807, 2.05) is 80.1 Å². The molecule has 424 valence electrons. The molecule has 2 aromatic rings. The molecule has 4 unspecified atom stereocenters. The number of carbonyl (C=O) groups is 8. The molecule has 0 aliphatic carbocycles. The molecule has 4 fully saturated rings. The van der Waals surface area contributed by atoms with E-state index in [4.69, 9.17) is 5.11 Å². The van der Waals surface area contributed by atoms with Crippen LogP contribution >= 0.6 is 59.5 Å². The van der Waals surface area contributed by atoms with Crippen LogP contribution < -0.4 is 37.2 Å². The number of aliphatic hydroxyl groups is 3. The van der Waals surface area contributed by atoms with Crippen LogP contribution in [0.3, 0.4) is 0 Å². The van der Waals surface area contributed by atoms with Gasteiger partial charge in [0.05, 0.1) is 45.4 Å². The fraction of sp³-hybridized carbons (Fsp3) is 0.615. The fourth-order valence-corrected chi connectivity index (χ4v) is 15.9. The molecule has 76 heavy (non-hydrogen) atoms. The number of nitrogens with one attached hydrogen (secondary N) is 7. The van der Waals surface area contributed by atoms with Crippen LogP contribution in [-0.2, 0) is 38.4 Å². The number of halogens is 1. The van der Waals surface area contributed by atoms with Crippen molar-refractivity contribution in [1.82, 2.24) is 42.1 Å². The molecule has 10 N–H and O–H groups in total. The number of ketones is 2. The molecule has 4 aliphatic heterocycles. The highest BCUT2D eigenvalue weighted by atomic mass is 35.5. The zero-order valence-corrected chi connectivity index (χ0v) is 48.4. The zero-order chi connectivity index (χ0) is 55.1. The second-order valence-electron chi connectivity index (χ2n) is 18.9. The van der Waals surface area contributed by atoms with Crippen molar-refractivity contribution < 1.29 is 53.7 Å². The van der Waals surface area contributed by atoms with Gasteiger partial charge in [-0.25, -0.2) is 0 Å². The second kappa shape index (κ2) is 33.5. The number of benzene rings is 2. The van der Waals surface area contributed by atoms with Crippen LogP contribution in [0.5, 0.6) is 0 Å². The summed E-state index contributed by atoms with van der Waals surface area (Å²) in [6.07, 6.45) is 2.90. The van der Waals surface area contributed by atoms with Gasteiger partial charge in [-0.05, 0) is 93.6 Å². The largest absolute Gasteiger partial charge is 0.400 e. The van der Waals surface area contributed by atoms with Gasteiger partial charge in [-0.3, -0.25) is 43.3 Å². The highest BCUT2D eigenvalue weighted by Crippen LogP contribution is 2.50. The normalized spacial score (nSPS) is 20.6. The van der Waals surface area contributed by atoms with Crippen molar-refractivity contribution >= 4 is 106 Å². The van der Waals surface area contributed by atoms with Gasteiger partial charge in [-0.15, -0.1) is 59.5 Å². The van der Waals surface area contributed by atoms with E-state index in [-0.39, 0.29) is 56.0 Å². The van der Waals surface area contributed by atoms with Crippen LogP contribution in [0.15, 0.2) is 60.7 Å². The third-order valence-electron chi connectivity index (χ3n) is 13.0. The van der Waals surface area contributed by atoms with E-state index in [0.29, 0.717) is 43.2 Å². The summed E-state index contributed by atoms with van der Waals surface area (Å²) in [4.78, 5) is 102. The number of nitrogens with zero attached hydrogens (tertiary/aromatic N) is 1. The summed E-state index contributed by atoms with van der Waals surface area (Å²) in [7, 11) is 2.94. The Balaban J connectivity index is 0.000000383. The van der Waals surface area contributed by atoms with Crippen molar-refractivity contribution in [3.05, 3.63) is 71.8 Å². The minimum Gasteiger partial charge on any atom is -0.400 e. The first kappa shape index (κ1) is 66.4. The molecule has 4 aliphatic rings. The predicted molar refractivity (Wildman–Crippen MR) is 305 cm³/mol. The molecule has 8 atom stereocenters. The SMILES string of the molecule is CCCC(NC(=O)[C@@H]1CC2(CN1)SCCCS2)C(O)C(=O)NCC(=O)N[C@H](C(C)=O)c1ccccc1.CCCC(NC(=O)[C@@H]1CC2(CN1C)SCCCS2)C(O)C(=O)NCC(=O)N[C@H](C(C)=O)c1ccccc1.CO.Cl. The molecular formula is C52H79ClN8O11S4. The van der Waals surface area contributed by atoms with Gasteiger partial charge in [-0.1, -0.05) is 87.4 Å². The quantitative estimate of drug-likeness (QED) is 0.0811. The van der Waals surface area contributed by atoms with Gasteiger partial charge in [0.15, 0.2) is 23.8 Å². The van der Waals surface area contributed by atoms with Gasteiger partial charge in [0.2, 0.25) is 23.6 Å². The number of thioether (sulfide) groups is 4. The Labute approximate surface area is 470 Å². The van der Waals surface area contributed by atoms with Crippen molar-refractivity contribution in [2.75, 3.05) is 63.3 Å². The number of likely N-dealkylation sites (tertiary alicyclic amines) is 1. The number of likely N-dealkylation sites (N-methyl/N-ethyl adjacent to an activating group) is 1. The molecule has 6 amide bonds. The van der Waals surface area contributed by atoms with Gasteiger partial charge in [-0.2, -0.15) is 0 Å². The van der Waals surface area contributed by atoms with Crippen LogP contribution in [0.2, 0.25) is 0 Å². The number of carbonyl (C=O) groups excluding carboxylic acids is 8. The van der Waals surface area contributed by atoms with E-state index in [2.05, 4.69) is 42.1 Å². The summed E-state index contributed by atoms with van der Waals surface area (Å²) in [5, 5.41) is 47.5. The average molecular weight is 1160 g/mol. The first-order valence-corrected chi connectivity index (χ1v) is 29.5. The Bertz CT molecular complexity index is 2200. The van der Waals surface area contributed by atoms with Crippen LogP contribution in [0.25, 0.3) is 0 Å². The summed E-state index contributed by atoms with van der Waals surface area (Å²) >= 11 is 7.63. The second-order valence-corrected chi connectivity index (χ2v) is 25.3. The number of aliphatic hydroxyl groups excluding tert-OH is 3. The van der Waals surface area contributed by atoms with E-state index in [1.165, 1.54) is 26.7 Å². The zero-order valence-electron chi connectivity index (χ0n) is 44.3. The Morgan fingerprint density at radius 3 is 1.45 bits per heavy atom. The first-order valence-electron chi connectivity index (χ1n) is 25.6. The fourth-order valence-electron chi connectivity index (χ4n) is 9.15. The molecule has 19 nitrogen and oxygen atoms in total. The smallest absolute Gasteiger partial charge is 0.251 e. The standard InChI is InChI=1S/C26H38N4O5S2.C25H36N4O5S2.CH4O.ClH/c1-4-9-19(28-24(34)20-14-26(16-30(20)3)36-12-8-13-37-26)23(33)25(35)27-15-21(32)29-22(17(2)31)18-10-6-5-7-11-18;1-3-8-18(28-23(33)19-13-25(15-27-19)35-11-7-12-36-25)22(32)24(34)26-14-20(31)29-21(16(2)30)17-9-5-4-6-10-17;1-2;/h5-7,10-11,19-20,22-23,33H,4,8-9,12-16H2,1-3H3,(H,27,35)(H,28,34)(H,29,32);4-6,9-10,18-19,21-22,27,32H,3,7-8,11-15H2,1-2H3,(H,26,34)(H,28,33)(H,29,31);2H,1H3;1H/t19?,20-,22+,23?;18?,19-,21+,22?;;/m00../s1. The highest BCUT2D eigenvalue weighted by molar-refractivity contribution is 8.19. The van der Waals surface area contributed by atoms with Gasteiger partial charge in [0.25, 0.3) is 11.8 Å². The Hall–Kier alpha value is -3.91. The maximum atomic E-state index is 13.2. The molecule has 0 bridgehead atoms. The summed E-state index contributed by atoms with van der Waals surface area (Å²) in [5.74, 6) is 0.866. The topological polar surface area (TPSA) is 285 Å². The van der Waals surface area contributed by atoms with Crippen LogP contribution in [0.4, 0.5) is 0 Å².